The van der Waals surface area contributed by atoms with Crippen molar-refractivity contribution in [2.45, 2.75) is 51.6 Å². The first-order chi connectivity index (χ1) is 13.7. The van der Waals surface area contributed by atoms with E-state index in [2.05, 4.69) is 38.2 Å². The number of urea groups is 1. The predicted molar refractivity (Wildman–Crippen MR) is 109 cm³/mol. The van der Waals surface area contributed by atoms with Crippen LogP contribution in [0.1, 0.15) is 44.4 Å². The molecule has 3 amide bonds. The van der Waals surface area contributed by atoms with Crippen LogP contribution >= 0.6 is 0 Å². The van der Waals surface area contributed by atoms with Gasteiger partial charge in [0.1, 0.15) is 5.54 Å². The summed E-state index contributed by atoms with van der Waals surface area (Å²) >= 11 is 0. The van der Waals surface area contributed by atoms with E-state index in [0.29, 0.717) is 17.9 Å². The van der Waals surface area contributed by atoms with E-state index in [1.165, 1.54) is 10.5 Å². The number of ether oxygens (including phenoxy) is 2. The fraction of sp³-hybridized carbons (Fsp3) is 0.391. The number of fused-ring (bicyclic) bond motifs is 1. The second-order valence-electron chi connectivity index (χ2n) is 8.96. The van der Waals surface area contributed by atoms with E-state index in [9.17, 15) is 9.59 Å². The molecule has 1 unspecified atom stereocenters. The van der Waals surface area contributed by atoms with E-state index in [1.807, 2.05) is 30.3 Å². The molecule has 2 aliphatic rings. The zero-order chi connectivity index (χ0) is 20.8. The molecule has 2 aromatic carbocycles. The molecule has 2 heterocycles. The number of benzene rings is 2. The molecule has 2 aliphatic heterocycles. The summed E-state index contributed by atoms with van der Waals surface area (Å²) in [6.07, 6.45) is 0.383. The molecular formula is C23H26N2O4. The third-order valence-electron chi connectivity index (χ3n) is 5.50. The summed E-state index contributed by atoms with van der Waals surface area (Å²) in [6.45, 7) is 8.68. The molecule has 0 radical (unpaired) electrons. The summed E-state index contributed by atoms with van der Waals surface area (Å²) in [5.41, 5.74) is 2.11. The highest BCUT2D eigenvalue weighted by Gasteiger charge is 2.47. The maximum Gasteiger partial charge on any atom is 0.325 e. The van der Waals surface area contributed by atoms with Gasteiger partial charge in [-0.05, 0) is 41.2 Å². The lowest BCUT2D eigenvalue weighted by Gasteiger charge is -2.22. The van der Waals surface area contributed by atoms with Crippen LogP contribution in [-0.2, 0) is 23.2 Å². The monoisotopic (exact) mass is 394 g/mol. The van der Waals surface area contributed by atoms with Gasteiger partial charge in [-0.15, -0.1) is 0 Å². The molecule has 1 atom stereocenters. The number of nitrogens with one attached hydrogen (secondary N) is 1. The summed E-state index contributed by atoms with van der Waals surface area (Å²) in [7, 11) is 0. The van der Waals surface area contributed by atoms with Crippen molar-refractivity contribution in [2.24, 2.45) is 0 Å². The minimum absolute atomic E-state index is 0.0581. The second-order valence-corrected chi connectivity index (χ2v) is 8.96. The summed E-state index contributed by atoms with van der Waals surface area (Å²) in [4.78, 5) is 26.9. The number of carbonyl (C=O) groups excluding carboxylic acids is 2. The van der Waals surface area contributed by atoms with Gasteiger partial charge in [-0.2, -0.15) is 0 Å². The lowest BCUT2D eigenvalue weighted by Crippen LogP contribution is -2.45. The summed E-state index contributed by atoms with van der Waals surface area (Å²) < 4.78 is 10.7. The number of rotatable bonds is 4. The fourth-order valence-electron chi connectivity index (χ4n) is 3.76. The summed E-state index contributed by atoms with van der Waals surface area (Å²) in [5.74, 6) is 1.14. The lowest BCUT2D eigenvalue weighted by atomic mass is 9.86. The van der Waals surface area contributed by atoms with E-state index in [1.54, 1.807) is 6.92 Å². The zero-order valence-corrected chi connectivity index (χ0v) is 17.2. The Morgan fingerprint density at radius 1 is 1.00 bits per heavy atom. The molecule has 6 nitrogen and oxygen atoms in total. The molecule has 0 aromatic heterocycles. The molecule has 6 heteroatoms. The average Bonchev–Trinajstić information content (AvgIpc) is 3.19. The minimum atomic E-state index is -0.990. The Balaban J connectivity index is 1.49. The normalized spacial score (nSPS) is 20.9. The van der Waals surface area contributed by atoms with Crippen LogP contribution in [0.4, 0.5) is 4.79 Å². The van der Waals surface area contributed by atoms with Gasteiger partial charge in [0.15, 0.2) is 11.5 Å². The molecule has 1 fully saturated rings. The van der Waals surface area contributed by atoms with Crippen molar-refractivity contribution < 1.29 is 19.1 Å². The van der Waals surface area contributed by atoms with Gasteiger partial charge in [0.05, 0.1) is 6.54 Å². The molecule has 1 N–H and O–H groups in total. The third kappa shape index (κ3) is 3.67. The van der Waals surface area contributed by atoms with Crippen molar-refractivity contribution in [2.75, 3.05) is 6.79 Å². The van der Waals surface area contributed by atoms with Crippen LogP contribution in [0.2, 0.25) is 0 Å². The van der Waals surface area contributed by atoms with Crippen molar-refractivity contribution in [3.8, 4) is 11.5 Å². The third-order valence-corrected chi connectivity index (χ3v) is 5.50. The molecule has 0 aliphatic carbocycles. The SMILES string of the molecule is CC1(Cc2ccc3c(c2)OCO3)NC(=O)N(Cc2ccc(C(C)(C)C)cc2)C1=O. The fourth-order valence-corrected chi connectivity index (χ4v) is 3.76. The van der Waals surface area contributed by atoms with Crippen LogP contribution in [0.25, 0.3) is 0 Å². The Bertz CT molecular complexity index is 962. The number of hydrogen-bond donors (Lipinski definition) is 1. The van der Waals surface area contributed by atoms with Crippen LogP contribution < -0.4 is 14.8 Å². The number of imide groups is 1. The molecule has 0 saturated carbocycles. The number of nitrogens with zero attached hydrogens (tertiary/aromatic N) is 1. The maximum absolute atomic E-state index is 13.1. The molecule has 29 heavy (non-hydrogen) atoms. The van der Waals surface area contributed by atoms with Crippen molar-refractivity contribution in [1.82, 2.24) is 10.2 Å². The Labute approximate surface area is 170 Å². The van der Waals surface area contributed by atoms with E-state index in [-0.39, 0.29) is 30.7 Å². The highest BCUT2D eigenvalue weighted by molar-refractivity contribution is 6.06. The standard InChI is InChI=1S/C23H26N2O4/c1-22(2,3)17-8-5-15(6-9-17)13-25-20(26)23(4,24-21(25)27)12-16-7-10-18-19(11-16)29-14-28-18/h5-11H,12-14H2,1-4H3,(H,24,27). The predicted octanol–water partition coefficient (Wildman–Crippen LogP) is 3.77. The van der Waals surface area contributed by atoms with E-state index < -0.39 is 5.54 Å². The Hall–Kier alpha value is -3.02. The van der Waals surface area contributed by atoms with Gasteiger partial charge in [0, 0.05) is 6.42 Å². The smallest absolute Gasteiger partial charge is 0.325 e. The van der Waals surface area contributed by atoms with Crippen LogP contribution in [0.15, 0.2) is 42.5 Å². The van der Waals surface area contributed by atoms with Crippen LogP contribution in [0.5, 0.6) is 11.5 Å². The van der Waals surface area contributed by atoms with Crippen molar-refractivity contribution in [1.29, 1.82) is 0 Å². The molecule has 2 aromatic rings. The summed E-state index contributed by atoms with van der Waals surface area (Å²) in [6, 6.07) is 13.3. The second kappa shape index (κ2) is 6.79. The van der Waals surface area contributed by atoms with Gasteiger partial charge < -0.3 is 14.8 Å². The van der Waals surface area contributed by atoms with Crippen LogP contribution in [-0.4, -0.2) is 29.2 Å². The zero-order valence-electron chi connectivity index (χ0n) is 17.2. The first kappa shape index (κ1) is 19.3. The van der Waals surface area contributed by atoms with Crippen molar-refractivity contribution >= 4 is 11.9 Å². The minimum Gasteiger partial charge on any atom is -0.454 e. The van der Waals surface area contributed by atoms with Gasteiger partial charge >= 0.3 is 6.03 Å². The number of amides is 3. The largest absolute Gasteiger partial charge is 0.454 e. The first-order valence-corrected chi connectivity index (χ1v) is 9.78. The van der Waals surface area contributed by atoms with Gasteiger partial charge in [-0.3, -0.25) is 9.69 Å². The highest BCUT2D eigenvalue weighted by Crippen LogP contribution is 2.34. The number of carbonyl (C=O) groups is 2. The van der Waals surface area contributed by atoms with Crippen LogP contribution in [0.3, 0.4) is 0 Å². The molecular weight excluding hydrogens is 368 g/mol. The Kier molecular flexibility index (Phi) is 4.52. The Morgan fingerprint density at radius 2 is 1.66 bits per heavy atom. The van der Waals surface area contributed by atoms with E-state index in [0.717, 1.165) is 11.1 Å². The molecule has 4 rings (SSSR count). The van der Waals surface area contributed by atoms with Gasteiger partial charge in [-0.25, -0.2) is 4.79 Å². The highest BCUT2D eigenvalue weighted by atomic mass is 16.7. The topological polar surface area (TPSA) is 67.9 Å². The summed E-state index contributed by atoms with van der Waals surface area (Å²) in [5, 5.41) is 2.87. The molecule has 152 valence electrons. The lowest BCUT2D eigenvalue weighted by molar-refractivity contribution is -0.131. The Morgan fingerprint density at radius 3 is 2.34 bits per heavy atom. The van der Waals surface area contributed by atoms with E-state index >= 15 is 0 Å². The van der Waals surface area contributed by atoms with E-state index in [4.69, 9.17) is 9.47 Å². The molecule has 0 spiro atoms. The molecule has 1 saturated heterocycles. The van der Waals surface area contributed by atoms with Gasteiger partial charge in [-0.1, -0.05) is 51.1 Å². The van der Waals surface area contributed by atoms with Crippen LogP contribution in [0, 0.1) is 0 Å². The van der Waals surface area contributed by atoms with Gasteiger partial charge in [0.25, 0.3) is 5.91 Å². The first-order valence-electron chi connectivity index (χ1n) is 9.78. The number of hydrogen-bond acceptors (Lipinski definition) is 4. The maximum atomic E-state index is 13.1. The quantitative estimate of drug-likeness (QED) is 0.802. The molecule has 0 bridgehead atoms. The van der Waals surface area contributed by atoms with Gasteiger partial charge in [0.2, 0.25) is 6.79 Å². The van der Waals surface area contributed by atoms with Crippen molar-refractivity contribution in [3.63, 3.8) is 0 Å². The van der Waals surface area contributed by atoms with Crippen molar-refractivity contribution in [3.05, 3.63) is 59.2 Å². The average molecular weight is 394 g/mol.